The molecule has 2 N–H and O–H groups in total. The second kappa shape index (κ2) is 14.4. The van der Waals surface area contributed by atoms with Gasteiger partial charge in [-0.15, -0.1) is 11.3 Å². The molecule has 9 nitrogen and oxygen atoms in total. The van der Waals surface area contributed by atoms with Crippen molar-refractivity contribution >= 4 is 54.9 Å². The van der Waals surface area contributed by atoms with Gasteiger partial charge in [-0.25, -0.2) is 22.3 Å². The van der Waals surface area contributed by atoms with Crippen molar-refractivity contribution in [2.45, 2.75) is 31.2 Å². The van der Waals surface area contributed by atoms with Crippen molar-refractivity contribution in [3.05, 3.63) is 105 Å². The lowest BCUT2D eigenvalue weighted by Crippen LogP contribution is -2.42. The summed E-state index contributed by atoms with van der Waals surface area (Å²) in [5, 5.41) is 13.3. The topological polar surface area (TPSA) is 122 Å². The van der Waals surface area contributed by atoms with Gasteiger partial charge in [-0.1, -0.05) is 72.8 Å². The average Bonchev–Trinajstić information content (AvgIpc) is 3.36. The Morgan fingerprint density at radius 3 is 2.27 bits per heavy atom. The number of halogens is 1. The van der Waals surface area contributed by atoms with Crippen molar-refractivity contribution in [2.24, 2.45) is 0 Å². The summed E-state index contributed by atoms with van der Waals surface area (Å²) in [6, 6.07) is 26.0. The van der Waals surface area contributed by atoms with Crippen molar-refractivity contribution in [3.8, 4) is 16.2 Å². The molecule has 0 radical (unpaired) electrons. The number of rotatable bonds is 12. The third kappa shape index (κ3) is 8.06. The van der Waals surface area contributed by atoms with E-state index in [0.717, 1.165) is 33.7 Å². The highest BCUT2D eigenvalue weighted by Crippen LogP contribution is 2.46. The molecule has 3 aromatic carbocycles. The van der Waals surface area contributed by atoms with Gasteiger partial charge in [0.05, 0.1) is 15.1 Å². The van der Waals surface area contributed by atoms with E-state index in [1.807, 2.05) is 84.9 Å². The number of sulfonamides is 1. The molecule has 0 saturated carbocycles. The van der Waals surface area contributed by atoms with Gasteiger partial charge in [-0.05, 0) is 57.6 Å². The van der Waals surface area contributed by atoms with Crippen LogP contribution < -0.4 is 10.1 Å². The van der Waals surface area contributed by atoms with Crippen LogP contribution in [0, 0.1) is 0 Å². The van der Waals surface area contributed by atoms with Crippen molar-refractivity contribution in [1.29, 1.82) is 0 Å². The number of ether oxygens (including phenoxy) is 2. The molecule has 1 aromatic heterocycles. The molecule has 2 heterocycles. The number of nitrogens with zero attached hydrogens (tertiary/aromatic N) is 1. The van der Waals surface area contributed by atoms with Crippen LogP contribution in [-0.2, 0) is 31.9 Å². The summed E-state index contributed by atoms with van der Waals surface area (Å²) in [4.78, 5) is 24.9. The number of carbonyl (C=O) groups is 2. The first kappa shape index (κ1) is 31.7. The van der Waals surface area contributed by atoms with Crippen LogP contribution in [-0.4, -0.2) is 55.5 Å². The summed E-state index contributed by atoms with van der Waals surface area (Å²) in [5.74, 6) is -1.73. The van der Waals surface area contributed by atoms with Crippen LogP contribution in [0.4, 0.5) is 5.69 Å². The van der Waals surface area contributed by atoms with Crippen LogP contribution in [0.1, 0.15) is 33.6 Å². The molecule has 12 heteroatoms. The Kier molecular flexibility index (Phi) is 10.4. The molecule has 0 bridgehead atoms. The molecule has 0 spiro atoms. The van der Waals surface area contributed by atoms with Gasteiger partial charge in [0.1, 0.15) is 6.61 Å². The first-order valence-corrected chi connectivity index (χ1v) is 17.2. The Morgan fingerprint density at radius 1 is 0.955 bits per heavy atom. The number of anilines is 1. The number of thiophene rings is 1. The minimum Gasteiger partial charge on any atom is -0.479 e. The highest BCUT2D eigenvalue weighted by atomic mass is 79.9. The number of carbonyl (C=O) groups excluding carboxylic acids is 1. The van der Waals surface area contributed by atoms with E-state index < -0.39 is 28.6 Å². The molecule has 5 rings (SSSR count). The van der Waals surface area contributed by atoms with Gasteiger partial charge < -0.3 is 19.9 Å². The normalized spacial score (nSPS) is 14.2. The molecule has 4 aromatic rings. The summed E-state index contributed by atoms with van der Waals surface area (Å²) >= 11 is 4.53. The van der Waals surface area contributed by atoms with Crippen molar-refractivity contribution in [3.63, 3.8) is 0 Å². The Bertz CT molecular complexity index is 1710. The van der Waals surface area contributed by atoms with Crippen molar-refractivity contribution in [1.82, 2.24) is 4.31 Å². The highest BCUT2D eigenvalue weighted by molar-refractivity contribution is 9.10. The zero-order valence-corrected chi connectivity index (χ0v) is 26.9. The van der Waals surface area contributed by atoms with Crippen LogP contribution in [0.3, 0.4) is 0 Å². The Labute approximate surface area is 268 Å². The lowest BCUT2D eigenvalue weighted by Gasteiger charge is -2.32. The molecule has 1 aliphatic rings. The van der Waals surface area contributed by atoms with Gasteiger partial charge >= 0.3 is 11.9 Å². The van der Waals surface area contributed by atoms with Crippen LogP contribution in [0.15, 0.2) is 89.4 Å². The Morgan fingerprint density at radius 2 is 1.61 bits per heavy atom. The molecule has 44 heavy (non-hydrogen) atoms. The zero-order valence-electron chi connectivity index (χ0n) is 23.6. The average molecular weight is 700 g/mol. The standard InChI is InChI=1S/C32H31BrN2O7S2/c33-28-29(42-20-27(36)41-19-22-8-3-1-4-9-22)31(32(37)38)43-30(28)24-12-7-13-26(18-24)34-25-14-16-35(17-15-25)44(39,40)21-23-10-5-2-6-11-23/h1-13,18,25,34H,14-17,19-21H2,(H,37,38). The first-order chi connectivity index (χ1) is 21.2. The number of carboxylic acids is 1. The second-order valence-electron chi connectivity index (χ2n) is 10.3. The smallest absolute Gasteiger partial charge is 0.349 e. The van der Waals surface area contributed by atoms with E-state index >= 15 is 0 Å². The lowest BCUT2D eigenvalue weighted by atomic mass is 10.1. The molecular formula is C32H31BrN2O7S2. The lowest BCUT2D eigenvalue weighted by molar-refractivity contribution is -0.147. The quantitative estimate of drug-likeness (QED) is 0.163. The maximum absolute atomic E-state index is 12.9. The summed E-state index contributed by atoms with van der Waals surface area (Å²) in [6.45, 7) is 0.509. The number of piperidine rings is 1. The van der Waals surface area contributed by atoms with E-state index in [0.29, 0.717) is 35.3 Å². The number of benzene rings is 3. The third-order valence-corrected chi connectivity index (χ3v) is 11.2. The molecule has 1 aliphatic heterocycles. The molecular weight excluding hydrogens is 668 g/mol. The van der Waals surface area contributed by atoms with Gasteiger partial charge in [0.25, 0.3) is 0 Å². The predicted molar refractivity (Wildman–Crippen MR) is 173 cm³/mol. The molecule has 0 aliphatic carbocycles. The van der Waals surface area contributed by atoms with Crippen LogP contribution >= 0.6 is 27.3 Å². The summed E-state index contributed by atoms with van der Waals surface area (Å²) in [7, 11) is -3.40. The van der Waals surface area contributed by atoms with Gasteiger partial charge in [0.15, 0.2) is 17.2 Å². The number of hydrogen-bond donors (Lipinski definition) is 2. The largest absolute Gasteiger partial charge is 0.479 e. The fraction of sp³-hybridized carbons (Fsp3) is 0.250. The van der Waals surface area contributed by atoms with E-state index in [-0.39, 0.29) is 29.0 Å². The molecule has 1 fully saturated rings. The Hall–Kier alpha value is -3.71. The van der Waals surface area contributed by atoms with Crippen molar-refractivity contribution in [2.75, 3.05) is 25.0 Å². The number of esters is 1. The highest BCUT2D eigenvalue weighted by Gasteiger charge is 2.29. The predicted octanol–water partition coefficient (Wildman–Crippen LogP) is 6.40. The van der Waals surface area contributed by atoms with E-state index in [2.05, 4.69) is 21.2 Å². The van der Waals surface area contributed by atoms with E-state index in [1.165, 1.54) is 0 Å². The van der Waals surface area contributed by atoms with E-state index in [4.69, 9.17) is 9.47 Å². The third-order valence-electron chi connectivity index (χ3n) is 7.12. The first-order valence-electron chi connectivity index (χ1n) is 14.0. The summed E-state index contributed by atoms with van der Waals surface area (Å²) < 4.78 is 38.8. The molecule has 1 saturated heterocycles. The minimum absolute atomic E-state index is 0.0113. The molecule has 0 atom stereocenters. The molecule has 230 valence electrons. The Balaban J connectivity index is 1.21. The molecule has 0 amide bonds. The van der Waals surface area contributed by atoms with Gasteiger partial charge in [0.2, 0.25) is 10.0 Å². The maximum Gasteiger partial charge on any atom is 0.349 e. The minimum atomic E-state index is -3.40. The van der Waals surface area contributed by atoms with Gasteiger partial charge in [-0.2, -0.15) is 0 Å². The number of aromatic carboxylic acids is 1. The fourth-order valence-corrected chi connectivity index (χ4v) is 8.35. The van der Waals surface area contributed by atoms with Gasteiger partial charge in [0, 0.05) is 24.8 Å². The van der Waals surface area contributed by atoms with E-state index in [9.17, 15) is 23.1 Å². The second-order valence-corrected chi connectivity index (χ2v) is 14.1. The number of carboxylic acid groups (broad SMARTS) is 1. The monoisotopic (exact) mass is 698 g/mol. The van der Waals surface area contributed by atoms with Crippen LogP contribution in [0.2, 0.25) is 0 Å². The summed E-state index contributed by atoms with van der Waals surface area (Å²) in [6.07, 6.45) is 1.31. The van der Waals surface area contributed by atoms with Gasteiger partial charge in [-0.3, -0.25) is 0 Å². The molecule has 0 unspecified atom stereocenters. The van der Waals surface area contributed by atoms with E-state index in [1.54, 1.807) is 4.31 Å². The van der Waals surface area contributed by atoms with Crippen LogP contribution in [0.25, 0.3) is 10.4 Å². The summed E-state index contributed by atoms with van der Waals surface area (Å²) in [5.41, 5.74) is 3.20. The maximum atomic E-state index is 12.9. The van der Waals surface area contributed by atoms with Crippen molar-refractivity contribution < 1.29 is 32.6 Å². The van der Waals surface area contributed by atoms with Crippen LogP contribution in [0.5, 0.6) is 5.75 Å². The fourth-order valence-electron chi connectivity index (χ4n) is 4.90. The number of hydrogen-bond acceptors (Lipinski definition) is 8. The SMILES string of the molecule is O=C(COc1c(C(=O)O)sc(-c2cccc(NC3CCN(S(=O)(=O)Cc4ccccc4)CC3)c2)c1Br)OCc1ccccc1. The zero-order chi connectivity index (χ0) is 31.1. The number of nitrogens with one attached hydrogen (secondary N) is 1.